The van der Waals surface area contributed by atoms with Gasteiger partial charge in [-0.25, -0.2) is 0 Å². The molecule has 0 nitrogen and oxygen atoms in total. The molecule has 4 rings (SSSR count). The number of halogens is 2. The SMILES string of the molecule is CCCC(C)C1=[C]([Zr+2][CH]2C(Pc3ccccc3C)=Cc3ccccc32)CC=C1.[Cl-].[Cl-]. The second-order valence-corrected chi connectivity index (χ2v) is 13.0. The number of allylic oxidation sites excluding steroid dienone is 5. The first-order valence-corrected chi connectivity index (χ1v) is 14.1. The molecule has 0 saturated heterocycles. The minimum atomic E-state index is -0.719. The summed E-state index contributed by atoms with van der Waals surface area (Å²) in [5.41, 5.74) is 6.20. The van der Waals surface area contributed by atoms with Gasteiger partial charge in [-0.2, -0.15) is 0 Å². The van der Waals surface area contributed by atoms with E-state index in [-0.39, 0.29) is 24.8 Å². The largest absolute Gasteiger partial charge is 1.00 e. The van der Waals surface area contributed by atoms with Gasteiger partial charge in [0.2, 0.25) is 0 Å². The Balaban J connectivity index is 0.00000160. The van der Waals surface area contributed by atoms with Crippen LogP contribution in [-0.2, 0) is 23.2 Å². The van der Waals surface area contributed by atoms with E-state index < -0.39 is 23.2 Å². The zero-order valence-corrected chi connectivity index (χ0v) is 22.9. The standard InChI is InChI=1S/C16H14P.C10H15.2ClH.Zr/c1-12-6-2-5-9-16(12)17-15-10-13-7-3-4-8-14(13)11-15;1-3-6-9(2)10-7-4-5-8-10;;;/h2-11,17H,1H3;4,7,9H,3,5-6H2,1-2H3;2*1H;/q;;;;+2/p-2. The van der Waals surface area contributed by atoms with Crippen LogP contribution in [0.5, 0.6) is 0 Å². The summed E-state index contributed by atoms with van der Waals surface area (Å²) in [6.07, 6.45) is 11.2. The van der Waals surface area contributed by atoms with E-state index in [9.17, 15) is 0 Å². The quantitative estimate of drug-likeness (QED) is 0.468. The van der Waals surface area contributed by atoms with Crippen LogP contribution in [0.2, 0.25) is 0 Å². The molecule has 0 spiro atoms. The Hall–Kier alpha value is -0.447. The maximum atomic E-state index is 2.52. The summed E-state index contributed by atoms with van der Waals surface area (Å²) in [6, 6.07) is 18.1. The number of rotatable bonds is 7. The molecule has 3 unspecified atom stereocenters. The molecule has 0 N–H and O–H groups in total. The fourth-order valence-electron chi connectivity index (χ4n) is 4.34. The smallest absolute Gasteiger partial charge is 1.00 e. The predicted molar refractivity (Wildman–Crippen MR) is 121 cm³/mol. The van der Waals surface area contributed by atoms with Gasteiger partial charge in [0.25, 0.3) is 0 Å². The van der Waals surface area contributed by atoms with Crippen molar-refractivity contribution in [2.24, 2.45) is 5.92 Å². The molecule has 0 heterocycles. The zero-order chi connectivity index (χ0) is 19.5. The molecule has 0 fully saturated rings. The van der Waals surface area contributed by atoms with Gasteiger partial charge in [0.1, 0.15) is 0 Å². The van der Waals surface area contributed by atoms with Gasteiger partial charge in [-0.05, 0) is 0 Å². The van der Waals surface area contributed by atoms with Gasteiger partial charge in [-0.3, -0.25) is 0 Å². The number of aryl methyl sites for hydroxylation is 1. The summed E-state index contributed by atoms with van der Waals surface area (Å²) in [5, 5.41) is 3.20. The van der Waals surface area contributed by atoms with Crippen molar-refractivity contribution >= 4 is 20.0 Å². The summed E-state index contributed by atoms with van der Waals surface area (Å²) in [4.78, 5) is 0. The first-order valence-electron chi connectivity index (χ1n) is 10.5. The topological polar surface area (TPSA) is 0 Å². The van der Waals surface area contributed by atoms with E-state index in [2.05, 4.69) is 87.5 Å². The second kappa shape index (κ2) is 12.0. The molecular weight excluding hydrogens is 505 g/mol. The van der Waals surface area contributed by atoms with E-state index in [0.717, 1.165) is 14.5 Å². The van der Waals surface area contributed by atoms with E-state index in [4.69, 9.17) is 0 Å². The Labute approximate surface area is 207 Å². The van der Waals surface area contributed by atoms with Crippen LogP contribution in [0.4, 0.5) is 0 Å². The molecular formula is C26H29Cl2PZr. The van der Waals surface area contributed by atoms with Crippen LogP contribution in [0.3, 0.4) is 0 Å². The van der Waals surface area contributed by atoms with Gasteiger partial charge < -0.3 is 24.8 Å². The van der Waals surface area contributed by atoms with Crippen LogP contribution in [0.15, 0.2) is 74.9 Å². The Morgan fingerprint density at radius 3 is 2.57 bits per heavy atom. The number of hydrogen-bond donors (Lipinski definition) is 0. The summed E-state index contributed by atoms with van der Waals surface area (Å²) in [5.74, 6) is 0.725. The third kappa shape index (κ3) is 5.67. The first-order chi connectivity index (χ1) is 13.7. The van der Waals surface area contributed by atoms with Gasteiger partial charge >= 0.3 is 184 Å². The molecule has 2 aromatic rings. The summed E-state index contributed by atoms with van der Waals surface area (Å²) in [7, 11) is 0.804. The minimum absolute atomic E-state index is 0. The van der Waals surface area contributed by atoms with Crippen molar-refractivity contribution in [1.82, 2.24) is 0 Å². The maximum Gasteiger partial charge on any atom is -1.00 e. The van der Waals surface area contributed by atoms with E-state index in [1.165, 1.54) is 35.7 Å². The third-order valence-corrected chi connectivity index (χ3v) is 12.5. The van der Waals surface area contributed by atoms with Crippen molar-refractivity contribution < 1.29 is 48.0 Å². The zero-order valence-electron chi connectivity index (χ0n) is 17.9. The van der Waals surface area contributed by atoms with Crippen LogP contribution >= 0.6 is 8.58 Å². The van der Waals surface area contributed by atoms with Crippen molar-refractivity contribution in [2.45, 2.75) is 43.7 Å². The van der Waals surface area contributed by atoms with Crippen LogP contribution in [0, 0.1) is 12.8 Å². The summed E-state index contributed by atoms with van der Waals surface area (Å²) in [6.45, 7) is 7.00. The molecule has 156 valence electrons. The van der Waals surface area contributed by atoms with Crippen LogP contribution < -0.4 is 30.1 Å². The second-order valence-electron chi connectivity index (χ2n) is 7.98. The Bertz CT molecular complexity index is 961. The summed E-state index contributed by atoms with van der Waals surface area (Å²) >= 11 is -0.719. The molecule has 2 aliphatic carbocycles. The van der Waals surface area contributed by atoms with Crippen LogP contribution in [0.1, 0.15) is 53.4 Å². The molecule has 0 amide bonds. The average molecular weight is 535 g/mol. The molecule has 0 aromatic heterocycles. The molecule has 2 aliphatic rings. The molecule has 4 heteroatoms. The summed E-state index contributed by atoms with van der Waals surface area (Å²) < 4.78 is 2.54. The number of fused-ring (bicyclic) bond motifs is 1. The van der Waals surface area contributed by atoms with Crippen LogP contribution in [-0.4, -0.2) is 0 Å². The van der Waals surface area contributed by atoms with Gasteiger partial charge in [-0.1, -0.05) is 0 Å². The van der Waals surface area contributed by atoms with Crippen molar-refractivity contribution in [3.63, 3.8) is 0 Å². The van der Waals surface area contributed by atoms with Gasteiger partial charge in [0.15, 0.2) is 0 Å². The predicted octanol–water partition coefficient (Wildman–Crippen LogP) is 1.14. The average Bonchev–Trinajstić information content (AvgIpc) is 3.29. The van der Waals surface area contributed by atoms with Crippen molar-refractivity contribution in [3.8, 4) is 0 Å². The fourth-order valence-corrected chi connectivity index (χ4v) is 10.9. The van der Waals surface area contributed by atoms with Crippen molar-refractivity contribution in [2.75, 3.05) is 0 Å². The van der Waals surface area contributed by atoms with Crippen molar-refractivity contribution in [3.05, 3.63) is 91.5 Å². The Morgan fingerprint density at radius 1 is 1.07 bits per heavy atom. The van der Waals surface area contributed by atoms with Crippen LogP contribution in [0.25, 0.3) is 6.08 Å². The molecule has 0 bridgehead atoms. The normalized spacial score (nSPS) is 18.0. The van der Waals surface area contributed by atoms with Crippen molar-refractivity contribution in [1.29, 1.82) is 0 Å². The Kier molecular flexibility index (Phi) is 10.3. The molecule has 0 aliphatic heterocycles. The van der Waals surface area contributed by atoms with Gasteiger partial charge in [-0.15, -0.1) is 0 Å². The van der Waals surface area contributed by atoms with E-state index in [1.807, 2.05) is 3.28 Å². The van der Waals surface area contributed by atoms with E-state index in [1.54, 1.807) is 16.5 Å². The molecule has 0 saturated carbocycles. The minimum Gasteiger partial charge on any atom is -1.00 e. The maximum absolute atomic E-state index is 2.52. The monoisotopic (exact) mass is 532 g/mol. The fraction of sp³-hybridized carbons (Fsp3) is 0.308. The molecule has 2 aromatic carbocycles. The number of benzene rings is 2. The van der Waals surface area contributed by atoms with Gasteiger partial charge in [0.05, 0.1) is 0 Å². The molecule has 0 radical (unpaired) electrons. The van der Waals surface area contributed by atoms with E-state index >= 15 is 0 Å². The molecule has 30 heavy (non-hydrogen) atoms. The van der Waals surface area contributed by atoms with Gasteiger partial charge in [0, 0.05) is 0 Å². The number of hydrogen-bond acceptors (Lipinski definition) is 0. The van der Waals surface area contributed by atoms with E-state index in [0.29, 0.717) is 3.63 Å². The molecule has 3 atom stereocenters. The Morgan fingerprint density at radius 2 is 1.80 bits per heavy atom. The third-order valence-electron chi connectivity index (χ3n) is 5.89. The first kappa shape index (κ1) is 25.8.